The standard InChI is InChI=1S/C26H30N2O5S2/c1-20-8-12-25(13-9-20)34(29,30)27-17-24-18-28(35(31,32)26-14-10-21(2)11-15-26)23(19-33-24)16-22-6-4-3-5-7-22/h3-15,23-24,27H,16-19H2,1-2H3/t23-,24-/m0/s1. The second kappa shape index (κ2) is 10.6. The molecule has 3 aromatic carbocycles. The second-order valence-electron chi connectivity index (χ2n) is 8.85. The van der Waals surface area contributed by atoms with Crippen LogP contribution in [0.25, 0.3) is 0 Å². The Hall–Kier alpha value is -2.56. The molecular weight excluding hydrogens is 484 g/mol. The molecule has 0 amide bonds. The summed E-state index contributed by atoms with van der Waals surface area (Å²) in [6, 6.07) is 22.6. The number of hydrogen-bond donors (Lipinski definition) is 1. The molecule has 1 N–H and O–H groups in total. The van der Waals surface area contributed by atoms with Crippen LogP contribution in [0.5, 0.6) is 0 Å². The molecule has 0 aliphatic carbocycles. The summed E-state index contributed by atoms with van der Waals surface area (Å²) in [6.07, 6.45) is -0.129. The van der Waals surface area contributed by atoms with Crippen molar-refractivity contribution in [3.05, 3.63) is 95.6 Å². The van der Waals surface area contributed by atoms with Crippen LogP contribution in [0.2, 0.25) is 0 Å². The summed E-state index contributed by atoms with van der Waals surface area (Å²) in [7, 11) is -7.56. The summed E-state index contributed by atoms with van der Waals surface area (Å²) in [5.41, 5.74) is 2.93. The maximum atomic E-state index is 13.6. The van der Waals surface area contributed by atoms with Gasteiger partial charge in [0.15, 0.2) is 0 Å². The minimum absolute atomic E-state index is 0.0335. The van der Waals surface area contributed by atoms with Crippen LogP contribution in [0.4, 0.5) is 0 Å². The van der Waals surface area contributed by atoms with Crippen molar-refractivity contribution < 1.29 is 21.6 Å². The zero-order valence-electron chi connectivity index (χ0n) is 19.8. The Morgan fingerprint density at radius 3 is 2.00 bits per heavy atom. The molecule has 0 unspecified atom stereocenters. The fourth-order valence-corrected chi connectivity index (χ4v) is 6.75. The van der Waals surface area contributed by atoms with E-state index in [2.05, 4.69) is 4.72 Å². The summed E-state index contributed by atoms with van der Waals surface area (Å²) >= 11 is 0. The summed E-state index contributed by atoms with van der Waals surface area (Å²) in [5.74, 6) is 0. The number of nitrogens with zero attached hydrogens (tertiary/aromatic N) is 1. The number of nitrogens with one attached hydrogen (secondary N) is 1. The first kappa shape index (κ1) is 25.5. The zero-order valence-corrected chi connectivity index (χ0v) is 21.4. The fraction of sp³-hybridized carbons (Fsp3) is 0.308. The summed E-state index contributed by atoms with van der Waals surface area (Å²) in [4.78, 5) is 0.368. The summed E-state index contributed by atoms with van der Waals surface area (Å²) in [6.45, 7) is 3.96. The van der Waals surface area contributed by atoms with E-state index in [1.165, 1.54) is 4.31 Å². The first-order chi connectivity index (χ1) is 16.6. The molecule has 3 aromatic rings. The number of benzene rings is 3. The van der Waals surface area contributed by atoms with E-state index in [9.17, 15) is 16.8 Å². The number of hydrogen-bond acceptors (Lipinski definition) is 5. The van der Waals surface area contributed by atoms with Crippen molar-refractivity contribution >= 4 is 20.0 Å². The fourth-order valence-electron chi connectivity index (χ4n) is 4.05. The van der Waals surface area contributed by atoms with Gasteiger partial charge in [0.1, 0.15) is 0 Å². The quantitative estimate of drug-likeness (QED) is 0.498. The van der Waals surface area contributed by atoms with Crippen molar-refractivity contribution in [2.45, 2.75) is 42.2 Å². The average Bonchev–Trinajstić information content (AvgIpc) is 2.84. The number of aryl methyl sites for hydroxylation is 2. The van der Waals surface area contributed by atoms with E-state index >= 15 is 0 Å². The third-order valence-corrected chi connectivity index (χ3v) is 9.46. The molecule has 9 heteroatoms. The summed E-state index contributed by atoms with van der Waals surface area (Å²) < 4.78 is 62.7. The van der Waals surface area contributed by atoms with Gasteiger partial charge >= 0.3 is 0 Å². The molecule has 35 heavy (non-hydrogen) atoms. The molecule has 0 aromatic heterocycles. The van der Waals surface area contributed by atoms with Crippen molar-refractivity contribution in [3.63, 3.8) is 0 Å². The van der Waals surface area contributed by atoms with Gasteiger partial charge in [-0.25, -0.2) is 21.6 Å². The molecule has 7 nitrogen and oxygen atoms in total. The first-order valence-corrected chi connectivity index (χ1v) is 14.4. The smallest absolute Gasteiger partial charge is 0.243 e. The molecule has 1 saturated heterocycles. The number of ether oxygens (including phenoxy) is 1. The van der Waals surface area contributed by atoms with E-state index in [0.717, 1.165) is 16.7 Å². The Labute approximate surface area is 207 Å². The normalized spacial score (nSPS) is 19.5. The van der Waals surface area contributed by atoms with Crippen molar-refractivity contribution in [1.82, 2.24) is 9.03 Å². The van der Waals surface area contributed by atoms with Crippen LogP contribution in [0, 0.1) is 13.8 Å². The zero-order chi connectivity index (χ0) is 25.1. The lowest BCUT2D eigenvalue weighted by Crippen LogP contribution is -2.55. The van der Waals surface area contributed by atoms with E-state index in [1.807, 2.05) is 44.2 Å². The summed E-state index contributed by atoms with van der Waals surface area (Å²) in [5, 5.41) is 0. The number of sulfonamides is 2. The van der Waals surface area contributed by atoms with Gasteiger partial charge in [-0.2, -0.15) is 4.31 Å². The average molecular weight is 515 g/mol. The van der Waals surface area contributed by atoms with E-state index in [4.69, 9.17) is 4.74 Å². The Kier molecular flexibility index (Phi) is 7.73. The van der Waals surface area contributed by atoms with Crippen LogP contribution in [0.1, 0.15) is 16.7 Å². The minimum Gasteiger partial charge on any atom is -0.374 e. The Morgan fingerprint density at radius 1 is 0.829 bits per heavy atom. The van der Waals surface area contributed by atoms with Crippen molar-refractivity contribution in [2.75, 3.05) is 19.7 Å². The van der Waals surface area contributed by atoms with Crippen molar-refractivity contribution in [3.8, 4) is 0 Å². The highest BCUT2D eigenvalue weighted by molar-refractivity contribution is 7.89. The van der Waals surface area contributed by atoms with Gasteiger partial charge in [-0.1, -0.05) is 65.7 Å². The molecule has 186 valence electrons. The second-order valence-corrected chi connectivity index (χ2v) is 12.5. The molecule has 0 bridgehead atoms. The largest absolute Gasteiger partial charge is 0.374 e. The van der Waals surface area contributed by atoms with Gasteiger partial charge < -0.3 is 4.74 Å². The van der Waals surface area contributed by atoms with E-state index in [0.29, 0.717) is 6.42 Å². The van der Waals surface area contributed by atoms with Crippen LogP contribution in [0.3, 0.4) is 0 Å². The minimum atomic E-state index is -3.82. The highest BCUT2D eigenvalue weighted by Crippen LogP contribution is 2.25. The third-order valence-electron chi connectivity index (χ3n) is 6.09. The van der Waals surface area contributed by atoms with E-state index in [-0.39, 0.29) is 29.5 Å². The third kappa shape index (κ3) is 6.17. The predicted octanol–water partition coefficient (Wildman–Crippen LogP) is 3.28. The van der Waals surface area contributed by atoms with Gasteiger partial charge in [-0.3, -0.25) is 0 Å². The first-order valence-electron chi connectivity index (χ1n) is 11.5. The van der Waals surface area contributed by atoms with E-state index < -0.39 is 32.2 Å². The molecule has 2 atom stereocenters. The maximum absolute atomic E-state index is 13.6. The van der Waals surface area contributed by atoms with Crippen LogP contribution < -0.4 is 4.72 Å². The topological polar surface area (TPSA) is 92.8 Å². The lowest BCUT2D eigenvalue weighted by Gasteiger charge is -2.39. The van der Waals surface area contributed by atoms with E-state index in [1.54, 1.807) is 48.5 Å². The molecule has 0 radical (unpaired) electrons. The van der Waals surface area contributed by atoms with Crippen LogP contribution in [-0.4, -0.2) is 53.0 Å². The number of morpholine rings is 1. The highest BCUT2D eigenvalue weighted by Gasteiger charge is 2.38. The molecule has 0 saturated carbocycles. The SMILES string of the molecule is Cc1ccc(S(=O)(=O)NC[C@H]2CN(S(=O)(=O)c3ccc(C)cc3)[C@@H](Cc3ccccc3)CO2)cc1. The predicted molar refractivity (Wildman–Crippen MR) is 135 cm³/mol. The van der Waals surface area contributed by atoms with Gasteiger partial charge in [-0.05, 0) is 50.1 Å². The van der Waals surface area contributed by atoms with Gasteiger partial charge in [0.05, 0.1) is 28.5 Å². The Balaban J connectivity index is 1.54. The lowest BCUT2D eigenvalue weighted by atomic mass is 10.1. The molecule has 4 rings (SSSR count). The van der Waals surface area contributed by atoms with Gasteiger partial charge in [0, 0.05) is 13.1 Å². The van der Waals surface area contributed by atoms with Gasteiger partial charge in [-0.15, -0.1) is 0 Å². The molecule has 1 aliphatic rings. The maximum Gasteiger partial charge on any atom is 0.243 e. The van der Waals surface area contributed by atoms with Gasteiger partial charge in [0.2, 0.25) is 20.0 Å². The van der Waals surface area contributed by atoms with Crippen LogP contribution in [-0.2, 0) is 31.2 Å². The van der Waals surface area contributed by atoms with Crippen molar-refractivity contribution in [2.24, 2.45) is 0 Å². The van der Waals surface area contributed by atoms with Gasteiger partial charge in [0.25, 0.3) is 0 Å². The molecule has 0 spiro atoms. The highest BCUT2D eigenvalue weighted by atomic mass is 32.2. The van der Waals surface area contributed by atoms with Crippen LogP contribution in [0.15, 0.2) is 88.7 Å². The number of rotatable bonds is 8. The van der Waals surface area contributed by atoms with Crippen molar-refractivity contribution in [1.29, 1.82) is 0 Å². The molecular formula is C26H30N2O5S2. The monoisotopic (exact) mass is 514 g/mol. The Morgan fingerprint density at radius 2 is 1.40 bits per heavy atom. The molecule has 1 fully saturated rings. The lowest BCUT2D eigenvalue weighted by molar-refractivity contribution is -0.0283. The Bertz CT molecular complexity index is 1340. The van der Waals surface area contributed by atoms with Crippen LogP contribution >= 0.6 is 0 Å². The molecule has 1 aliphatic heterocycles. The molecule has 1 heterocycles.